The fourth-order valence-electron chi connectivity index (χ4n) is 1.29. The third-order valence-corrected chi connectivity index (χ3v) is 2.60. The Morgan fingerprint density at radius 1 is 1.06 bits per heavy atom. The molecule has 0 N–H and O–H groups in total. The molecule has 0 aliphatic carbocycles. The van der Waals surface area contributed by atoms with E-state index >= 15 is 0 Å². The van der Waals surface area contributed by atoms with Gasteiger partial charge in [0.05, 0.1) is 7.11 Å². The maximum absolute atomic E-state index is 12.8. The Bertz CT molecular complexity index is 523. The molecule has 17 heavy (non-hydrogen) atoms. The van der Waals surface area contributed by atoms with Gasteiger partial charge >= 0.3 is 0 Å². The highest BCUT2D eigenvalue weighted by Gasteiger charge is 2.12. The average Bonchev–Trinajstić information content (AvgIpc) is 2.29. The normalized spacial score (nSPS) is 10.4. The third kappa shape index (κ3) is 2.48. The molecule has 0 amide bonds. The number of hydrogen-bond donors (Lipinski definition) is 0. The van der Waals surface area contributed by atoms with Gasteiger partial charge in [-0.05, 0) is 24.3 Å². The van der Waals surface area contributed by atoms with Gasteiger partial charge in [-0.2, -0.15) is 0 Å². The molecule has 0 aliphatic heterocycles. The number of ether oxygens (including phenoxy) is 1. The molecule has 2 rings (SSSR count). The zero-order valence-electron chi connectivity index (χ0n) is 8.75. The minimum atomic E-state index is -0.334. The number of aromatic nitrogens is 2. The summed E-state index contributed by atoms with van der Waals surface area (Å²) in [5.41, 5.74) is 0.623. The van der Waals surface area contributed by atoms with Crippen molar-refractivity contribution in [2.45, 2.75) is 0 Å². The Kier molecular flexibility index (Phi) is 3.45. The molecule has 0 aliphatic rings. The molecule has 88 valence electrons. The third-order valence-electron chi connectivity index (χ3n) is 2.09. The number of benzene rings is 1. The highest BCUT2D eigenvalue weighted by Crippen LogP contribution is 2.31. The van der Waals surface area contributed by atoms with Gasteiger partial charge in [0.2, 0.25) is 0 Å². The first kappa shape index (κ1) is 12.1. The highest BCUT2D eigenvalue weighted by atomic mass is 35.5. The molecular formula is C11H7Cl2FN2O. The second-order valence-electron chi connectivity index (χ2n) is 3.17. The first-order valence-electron chi connectivity index (χ1n) is 4.65. The molecule has 0 radical (unpaired) electrons. The monoisotopic (exact) mass is 272 g/mol. The van der Waals surface area contributed by atoms with Crippen LogP contribution in [0.2, 0.25) is 10.3 Å². The van der Waals surface area contributed by atoms with Crippen molar-refractivity contribution in [2.75, 3.05) is 7.11 Å². The Hall–Kier alpha value is -1.39. The minimum absolute atomic E-state index is 0.117. The maximum Gasteiger partial charge on any atom is 0.193 e. The molecule has 3 nitrogen and oxygen atoms in total. The first-order valence-corrected chi connectivity index (χ1v) is 5.40. The lowest BCUT2D eigenvalue weighted by Crippen LogP contribution is -1.95. The number of nitrogens with zero attached hydrogens (tertiary/aromatic N) is 2. The van der Waals surface area contributed by atoms with Gasteiger partial charge in [-0.1, -0.05) is 23.2 Å². The predicted octanol–water partition coefficient (Wildman–Crippen LogP) is 3.60. The summed E-state index contributed by atoms with van der Waals surface area (Å²) in [6, 6.07) is 5.71. The molecule has 0 fully saturated rings. The van der Waals surface area contributed by atoms with E-state index in [1.165, 1.54) is 19.2 Å². The summed E-state index contributed by atoms with van der Waals surface area (Å²) < 4.78 is 17.7. The van der Waals surface area contributed by atoms with Gasteiger partial charge in [0.15, 0.2) is 21.9 Å². The summed E-state index contributed by atoms with van der Waals surface area (Å²) in [6.45, 7) is 0. The first-order chi connectivity index (χ1) is 8.11. The minimum Gasteiger partial charge on any atom is -0.491 e. The molecule has 0 spiro atoms. The van der Waals surface area contributed by atoms with Crippen molar-refractivity contribution >= 4 is 23.2 Å². The van der Waals surface area contributed by atoms with E-state index in [2.05, 4.69) is 9.97 Å². The molecule has 0 atom stereocenters. The van der Waals surface area contributed by atoms with Crippen molar-refractivity contribution in [2.24, 2.45) is 0 Å². The van der Waals surface area contributed by atoms with Crippen LogP contribution in [0.4, 0.5) is 4.39 Å². The zero-order chi connectivity index (χ0) is 12.4. The van der Waals surface area contributed by atoms with Crippen molar-refractivity contribution in [1.82, 2.24) is 9.97 Å². The summed E-state index contributed by atoms with van der Waals surface area (Å²) in [5, 5.41) is 0.235. The van der Waals surface area contributed by atoms with Crippen LogP contribution in [0.3, 0.4) is 0 Å². The Balaban J connectivity index is 2.50. The van der Waals surface area contributed by atoms with Crippen molar-refractivity contribution in [1.29, 1.82) is 0 Å². The van der Waals surface area contributed by atoms with Crippen molar-refractivity contribution in [3.8, 4) is 17.1 Å². The molecule has 0 saturated carbocycles. The molecule has 0 unspecified atom stereocenters. The van der Waals surface area contributed by atoms with Gasteiger partial charge in [0.1, 0.15) is 5.82 Å². The topological polar surface area (TPSA) is 35.0 Å². The van der Waals surface area contributed by atoms with Crippen molar-refractivity contribution < 1.29 is 9.13 Å². The molecule has 1 aromatic carbocycles. The van der Waals surface area contributed by atoms with E-state index in [-0.39, 0.29) is 21.9 Å². The number of halogens is 3. The van der Waals surface area contributed by atoms with Crippen molar-refractivity contribution in [3.63, 3.8) is 0 Å². The van der Waals surface area contributed by atoms with Crippen LogP contribution in [-0.4, -0.2) is 17.1 Å². The van der Waals surface area contributed by atoms with Gasteiger partial charge in [0, 0.05) is 5.56 Å². The van der Waals surface area contributed by atoms with Crippen LogP contribution in [0, 0.1) is 5.82 Å². The summed E-state index contributed by atoms with van der Waals surface area (Å²) in [7, 11) is 1.42. The maximum atomic E-state index is 12.8. The van der Waals surface area contributed by atoms with Crippen LogP contribution in [-0.2, 0) is 0 Å². The Morgan fingerprint density at radius 3 is 2.06 bits per heavy atom. The molecular weight excluding hydrogens is 266 g/mol. The number of methoxy groups -OCH3 is 1. The van der Waals surface area contributed by atoms with Gasteiger partial charge in [-0.15, -0.1) is 0 Å². The summed E-state index contributed by atoms with van der Waals surface area (Å²) >= 11 is 11.8. The largest absolute Gasteiger partial charge is 0.491 e. The molecule has 0 bridgehead atoms. The standard InChI is InChI=1S/C11H7Cl2FN2O/c1-17-8-9(12)15-11(16-10(8)13)6-2-4-7(14)5-3-6/h2-5H,1H3. The molecule has 1 heterocycles. The second kappa shape index (κ2) is 4.85. The summed E-state index contributed by atoms with van der Waals surface area (Å²) in [5.74, 6) is 0.208. The van der Waals surface area contributed by atoms with Crippen LogP contribution < -0.4 is 4.74 Å². The van der Waals surface area contributed by atoms with E-state index in [0.29, 0.717) is 11.4 Å². The van der Waals surface area contributed by atoms with Gasteiger partial charge in [0.25, 0.3) is 0 Å². The smallest absolute Gasteiger partial charge is 0.193 e. The predicted molar refractivity (Wildman–Crippen MR) is 64.0 cm³/mol. The lowest BCUT2D eigenvalue weighted by atomic mass is 10.2. The summed E-state index contributed by atoms with van der Waals surface area (Å²) in [4.78, 5) is 8.05. The van der Waals surface area contributed by atoms with Crippen LogP contribution >= 0.6 is 23.2 Å². The van der Waals surface area contributed by atoms with E-state index in [0.717, 1.165) is 0 Å². The van der Waals surface area contributed by atoms with Crippen LogP contribution in [0.5, 0.6) is 5.75 Å². The number of rotatable bonds is 2. The van der Waals surface area contributed by atoms with Gasteiger partial charge in [-0.3, -0.25) is 0 Å². The fourth-order valence-corrected chi connectivity index (χ4v) is 1.84. The summed E-state index contributed by atoms with van der Waals surface area (Å²) in [6.07, 6.45) is 0. The lowest BCUT2D eigenvalue weighted by molar-refractivity contribution is 0.411. The van der Waals surface area contributed by atoms with E-state index < -0.39 is 0 Å². The van der Waals surface area contributed by atoms with Crippen molar-refractivity contribution in [3.05, 3.63) is 40.4 Å². The molecule has 1 aromatic heterocycles. The Morgan fingerprint density at radius 2 is 1.59 bits per heavy atom. The van der Waals surface area contributed by atoms with Crippen LogP contribution in [0.1, 0.15) is 0 Å². The lowest BCUT2D eigenvalue weighted by Gasteiger charge is -2.06. The fraction of sp³-hybridized carbons (Fsp3) is 0.0909. The van der Waals surface area contributed by atoms with E-state index in [9.17, 15) is 4.39 Å². The van der Waals surface area contributed by atoms with Crippen LogP contribution in [0.25, 0.3) is 11.4 Å². The Labute approximate surface area is 107 Å². The highest BCUT2D eigenvalue weighted by molar-refractivity contribution is 6.35. The number of hydrogen-bond acceptors (Lipinski definition) is 3. The molecule has 2 aromatic rings. The van der Waals surface area contributed by atoms with E-state index in [1.807, 2.05) is 0 Å². The van der Waals surface area contributed by atoms with Gasteiger partial charge < -0.3 is 4.74 Å². The molecule has 0 saturated heterocycles. The van der Waals surface area contributed by atoms with Crippen LogP contribution in [0.15, 0.2) is 24.3 Å². The molecule has 6 heteroatoms. The van der Waals surface area contributed by atoms with Gasteiger partial charge in [-0.25, -0.2) is 14.4 Å². The zero-order valence-corrected chi connectivity index (χ0v) is 10.3. The van der Waals surface area contributed by atoms with E-state index in [4.69, 9.17) is 27.9 Å². The van der Waals surface area contributed by atoms with E-state index in [1.54, 1.807) is 12.1 Å². The quantitative estimate of drug-likeness (QED) is 0.784. The SMILES string of the molecule is COc1c(Cl)nc(-c2ccc(F)cc2)nc1Cl. The second-order valence-corrected chi connectivity index (χ2v) is 3.89. The average molecular weight is 273 g/mol.